The standard InChI is InChI=1S/C18H26F3N3O3/c1-17(2,3)27-16(26)24-9-6-12(11-23-15(25)18(19,20)21)10-14(24)13-4-7-22-8-5-13/h6,10,13,22H,4-5,7-9,11H2,1-3H3,(H,23,25). The van der Waals surface area contributed by atoms with Gasteiger partial charge in [0.05, 0.1) is 0 Å². The van der Waals surface area contributed by atoms with Gasteiger partial charge in [0.15, 0.2) is 0 Å². The van der Waals surface area contributed by atoms with E-state index in [2.05, 4.69) is 5.32 Å². The third-order valence-corrected chi connectivity index (χ3v) is 4.26. The summed E-state index contributed by atoms with van der Waals surface area (Å²) < 4.78 is 42.6. The van der Waals surface area contributed by atoms with Gasteiger partial charge in [-0.1, -0.05) is 6.08 Å². The predicted octanol–water partition coefficient (Wildman–Crippen LogP) is 2.73. The van der Waals surface area contributed by atoms with Gasteiger partial charge in [-0.2, -0.15) is 13.2 Å². The van der Waals surface area contributed by atoms with Crippen molar-refractivity contribution >= 4 is 12.0 Å². The topological polar surface area (TPSA) is 70.7 Å². The fourth-order valence-corrected chi connectivity index (χ4v) is 3.00. The van der Waals surface area contributed by atoms with Crippen molar-refractivity contribution in [2.75, 3.05) is 26.2 Å². The van der Waals surface area contributed by atoms with Crippen molar-refractivity contribution in [2.24, 2.45) is 5.92 Å². The summed E-state index contributed by atoms with van der Waals surface area (Å²) in [6, 6.07) is 0. The van der Waals surface area contributed by atoms with Crippen molar-refractivity contribution in [1.82, 2.24) is 15.5 Å². The Balaban J connectivity index is 2.14. The number of nitrogens with zero attached hydrogens (tertiary/aromatic N) is 1. The lowest BCUT2D eigenvalue weighted by Gasteiger charge is -2.36. The molecule has 2 N–H and O–H groups in total. The average molecular weight is 389 g/mol. The van der Waals surface area contributed by atoms with Crippen LogP contribution in [0, 0.1) is 5.92 Å². The second-order valence-electron chi connectivity index (χ2n) is 7.64. The van der Waals surface area contributed by atoms with Crippen LogP contribution < -0.4 is 10.6 Å². The number of carbonyl (C=O) groups excluding carboxylic acids is 2. The van der Waals surface area contributed by atoms with Gasteiger partial charge in [0.25, 0.3) is 0 Å². The first-order valence-electron chi connectivity index (χ1n) is 8.94. The van der Waals surface area contributed by atoms with E-state index in [-0.39, 0.29) is 19.0 Å². The number of halogens is 3. The molecule has 0 unspecified atom stereocenters. The Labute approximate surface area is 156 Å². The SMILES string of the molecule is CC(C)(C)OC(=O)N1CC=C(CNC(=O)C(F)(F)F)C=C1C1CCNCC1. The molecule has 0 spiro atoms. The molecule has 152 valence electrons. The molecule has 1 saturated heterocycles. The maximum Gasteiger partial charge on any atom is 0.471 e. The smallest absolute Gasteiger partial charge is 0.443 e. The quantitative estimate of drug-likeness (QED) is 0.779. The van der Waals surface area contributed by atoms with Crippen LogP contribution in [-0.2, 0) is 9.53 Å². The van der Waals surface area contributed by atoms with Crippen molar-refractivity contribution in [3.8, 4) is 0 Å². The third kappa shape index (κ3) is 6.27. The van der Waals surface area contributed by atoms with Crippen LogP contribution in [0.2, 0.25) is 0 Å². The van der Waals surface area contributed by atoms with E-state index in [0.29, 0.717) is 5.57 Å². The number of hydrogen-bond donors (Lipinski definition) is 2. The molecular weight excluding hydrogens is 363 g/mol. The highest BCUT2D eigenvalue weighted by molar-refractivity contribution is 5.82. The van der Waals surface area contributed by atoms with Crippen molar-refractivity contribution in [1.29, 1.82) is 0 Å². The zero-order valence-corrected chi connectivity index (χ0v) is 15.8. The van der Waals surface area contributed by atoms with Gasteiger partial charge in [-0.3, -0.25) is 9.69 Å². The lowest BCUT2D eigenvalue weighted by Crippen LogP contribution is -2.42. The molecule has 0 atom stereocenters. The van der Waals surface area contributed by atoms with Crippen LogP contribution in [0.4, 0.5) is 18.0 Å². The van der Waals surface area contributed by atoms with Crippen LogP contribution in [0.5, 0.6) is 0 Å². The van der Waals surface area contributed by atoms with E-state index in [1.165, 1.54) is 4.90 Å². The molecule has 0 aromatic carbocycles. The van der Waals surface area contributed by atoms with E-state index in [0.717, 1.165) is 31.6 Å². The maximum absolute atomic E-state index is 12.6. The number of rotatable bonds is 3. The zero-order valence-electron chi connectivity index (χ0n) is 15.8. The number of amides is 2. The summed E-state index contributed by atoms with van der Waals surface area (Å²) in [7, 11) is 0. The Hall–Kier alpha value is -2.03. The molecule has 2 amide bonds. The molecule has 0 saturated carbocycles. The minimum Gasteiger partial charge on any atom is -0.443 e. The van der Waals surface area contributed by atoms with E-state index in [9.17, 15) is 22.8 Å². The summed E-state index contributed by atoms with van der Waals surface area (Å²) >= 11 is 0. The van der Waals surface area contributed by atoms with E-state index in [4.69, 9.17) is 4.74 Å². The number of alkyl halides is 3. The van der Waals surface area contributed by atoms with Crippen LogP contribution in [0.1, 0.15) is 33.6 Å². The molecule has 2 aliphatic heterocycles. The van der Waals surface area contributed by atoms with Crippen molar-refractivity contribution in [3.63, 3.8) is 0 Å². The Morgan fingerprint density at radius 2 is 1.89 bits per heavy atom. The average Bonchev–Trinajstić information content (AvgIpc) is 2.57. The minimum atomic E-state index is -4.92. The van der Waals surface area contributed by atoms with Crippen LogP contribution in [0.3, 0.4) is 0 Å². The molecular formula is C18H26F3N3O3. The lowest BCUT2D eigenvalue weighted by molar-refractivity contribution is -0.173. The first-order valence-corrected chi connectivity index (χ1v) is 8.94. The minimum absolute atomic E-state index is 0.0980. The first kappa shape index (κ1) is 21.3. The van der Waals surface area contributed by atoms with Gasteiger partial charge < -0.3 is 15.4 Å². The van der Waals surface area contributed by atoms with Crippen LogP contribution in [0.15, 0.2) is 23.4 Å². The van der Waals surface area contributed by atoms with Gasteiger partial charge >= 0.3 is 18.2 Å². The molecule has 0 radical (unpaired) electrons. The summed E-state index contributed by atoms with van der Waals surface area (Å²) in [5.74, 6) is -1.88. The molecule has 0 bridgehead atoms. The van der Waals surface area contributed by atoms with Crippen LogP contribution >= 0.6 is 0 Å². The van der Waals surface area contributed by atoms with Crippen molar-refractivity contribution in [2.45, 2.75) is 45.4 Å². The molecule has 6 nitrogen and oxygen atoms in total. The van der Waals surface area contributed by atoms with Gasteiger partial charge in [-0.15, -0.1) is 0 Å². The Morgan fingerprint density at radius 1 is 1.26 bits per heavy atom. The molecule has 2 aliphatic rings. The van der Waals surface area contributed by atoms with E-state index < -0.39 is 23.8 Å². The molecule has 2 rings (SSSR count). The van der Waals surface area contributed by atoms with Gasteiger partial charge in [0.2, 0.25) is 0 Å². The van der Waals surface area contributed by atoms with E-state index >= 15 is 0 Å². The summed E-state index contributed by atoms with van der Waals surface area (Å²) in [4.78, 5) is 25.1. The Bertz CT molecular complexity index is 630. The number of hydrogen-bond acceptors (Lipinski definition) is 4. The fraction of sp³-hybridized carbons (Fsp3) is 0.667. The number of piperidine rings is 1. The number of ether oxygens (including phenoxy) is 1. The second kappa shape index (κ2) is 8.33. The highest BCUT2D eigenvalue weighted by Crippen LogP contribution is 2.30. The summed E-state index contributed by atoms with van der Waals surface area (Å²) in [6.07, 6.45) is -0.451. The van der Waals surface area contributed by atoms with Crippen LogP contribution in [-0.4, -0.2) is 54.9 Å². The van der Waals surface area contributed by atoms with Gasteiger partial charge in [0, 0.05) is 24.7 Å². The van der Waals surface area contributed by atoms with Gasteiger partial charge in [0.1, 0.15) is 5.60 Å². The fourth-order valence-electron chi connectivity index (χ4n) is 3.00. The lowest BCUT2D eigenvalue weighted by atomic mass is 9.91. The molecule has 9 heteroatoms. The van der Waals surface area contributed by atoms with Gasteiger partial charge in [-0.25, -0.2) is 4.79 Å². The molecule has 2 heterocycles. The third-order valence-electron chi connectivity index (χ3n) is 4.26. The molecule has 0 aromatic heterocycles. The second-order valence-corrected chi connectivity index (χ2v) is 7.64. The van der Waals surface area contributed by atoms with Gasteiger partial charge in [-0.05, 0) is 58.4 Å². The maximum atomic E-state index is 12.6. The normalized spacial score (nSPS) is 19.3. The molecule has 0 aliphatic carbocycles. The van der Waals surface area contributed by atoms with E-state index in [1.807, 2.05) is 5.32 Å². The van der Waals surface area contributed by atoms with Crippen molar-refractivity contribution < 1.29 is 27.5 Å². The monoisotopic (exact) mass is 389 g/mol. The zero-order chi connectivity index (χ0) is 20.2. The van der Waals surface area contributed by atoms with Crippen molar-refractivity contribution in [3.05, 3.63) is 23.4 Å². The molecule has 27 heavy (non-hydrogen) atoms. The summed E-state index contributed by atoms with van der Waals surface area (Å²) in [6.45, 7) is 6.88. The highest BCUT2D eigenvalue weighted by Gasteiger charge is 2.38. The predicted molar refractivity (Wildman–Crippen MR) is 93.8 cm³/mol. The molecule has 1 fully saturated rings. The molecule has 0 aromatic rings. The largest absolute Gasteiger partial charge is 0.471 e. The van der Waals surface area contributed by atoms with Crippen LogP contribution in [0.25, 0.3) is 0 Å². The van der Waals surface area contributed by atoms with E-state index in [1.54, 1.807) is 32.9 Å². The summed E-state index contributed by atoms with van der Waals surface area (Å²) in [5, 5.41) is 5.12. The number of allylic oxidation sites excluding steroid dienone is 1. The Kier molecular flexibility index (Phi) is 6.56. The number of nitrogens with one attached hydrogen (secondary N) is 2. The summed E-state index contributed by atoms with van der Waals surface area (Å²) in [5.41, 5.74) is 0.617. The highest BCUT2D eigenvalue weighted by atomic mass is 19.4. The number of carbonyl (C=O) groups is 2. The first-order chi connectivity index (χ1) is 12.5. The Morgan fingerprint density at radius 3 is 2.44 bits per heavy atom.